The molecule has 0 radical (unpaired) electrons. The number of carboxylic acid groups (broad SMARTS) is 1. The Hall–Kier alpha value is -2.38. The Labute approximate surface area is 228 Å². The minimum absolute atomic E-state index is 0.259. The van der Waals surface area contributed by atoms with Gasteiger partial charge in [0.15, 0.2) is 0 Å². The number of hydrogen-bond acceptors (Lipinski definition) is 6. The first-order valence-corrected chi connectivity index (χ1v) is 14.1. The second kappa shape index (κ2) is 15.1. The zero-order valence-corrected chi connectivity index (χ0v) is 23.7. The molecule has 1 aliphatic carbocycles. The number of carbonyl (C=O) groups is 1. The van der Waals surface area contributed by atoms with E-state index in [1.54, 1.807) is 26.2 Å². The molecule has 208 valence electrons. The molecule has 37 heavy (non-hydrogen) atoms. The molecule has 1 unspecified atom stereocenters. The summed E-state index contributed by atoms with van der Waals surface area (Å²) in [5.74, 6) is 5.52. The summed E-state index contributed by atoms with van der Waals surface area (Å²) in [5.41, 5.74) is 13.5. The molecule has 1 saturated carbocycles. The van der Waals surface area contributed by atoms with Crippen LogP contribution in [-0.4, -0.2) is 34.1 Å². The molecule has 1 fully saturated rings. The number of halogens is 1. The molecule has 0 aromatic heterocycles. The minimum atomic E-state index is -0.991. The second-order valence-corrected chi connectivity index (χ2v) is 11.4. The molecule has 0 bridgehead atoms. The third kappa shape index (κ3) is 9.78. The molecule has 2 rings (SSSR count). The van der Waals surface area contributed by atoms with Crippen LogP contribution in [0.3, 0.4) is 0 Å². The van der Waals surface area contributed by atoms with Crippen LogP contribution in [0.25, 0.3) is 0 Å². The van der Waals surface area contributed by atoms with Crippen LogP contribution in [0.4, 0.5) is 0 Å². The van der Waals surface area contributed by atoms with E-state index in [-0.39, 0.29) is 5.92 Å². The molecule has 0 saturated heterocycles. The van der Waals surface area contributed by atoms with Crippen molar-refractivity contribution in [1.29, 1.82) is 0 Å². The lowest BCUT2D eigenvalue weighted by molar-refractivity contribution is -0.148. The lowest BCUT2D eigenvalue weighted by Crippen LogP contribution is -2.32. The normalized spacial score (nSPS) is 16.5. The Balaban J connectivity index is 2.24. The van der Waals surface area contributed by atoms with Gasteiger partial charge in [0.2, 0.25) is 0 Å². The third-order valence-corrected chi connectivity index (χ3v) is 8.15. The highest BCUT2D eigenvalue weighted by atomic mass is 35.5. The highest BCUT2D eigenvalue weighted by Crippen LogP contribution is 2.41. The first kappa shape index (κ1) is 30.8. The molecule has 1 atom stereocenters. The Morgan fingerprint density at radius 3 is 2.51 bits per heavy atom. The maximum atomic E-state index is 12.2. The quantitative estimate of drug-likeness (QED) is 0.133. The Morgan fingerprint density at radius 1 is 1.24 bits per heavy atom. The number of nitrogens with zero attached hydrogens (tertiary/aromatic N) is 2. The number of benzene rings is 1. The van der Waals surface area contributed by atoms with Crippen molar-refractivity contribution in [3.05, 3.63) is 58.6 Å². The van der Waals surface area contributed by atoms with Crippen LogP contribution >= 0.6 is 11.6 Å². The zero-order chi connectivity index (χ0) is 27.4. The fourth-order valence-corrected chi connectivity index (χ4v) is 5.43. The van der Waals surface area contributed by atoms with Gasteiger partial charge in [-0.1, -0.05) is 62.3 Å². The zero-order valence-electron chi connectivity index (χ0n) is 23.0. The highest BCUT2D eigenvalue weighted by molar-refractivity contribution is 6.31. The topological polar surface area (TPSA) is 122 Å². The average Bonchev–Trinajstić information content (AvgIpc) is 3.13. The predicted octanol–water partition coefficient (Wildman–Crippen LogP) is 5.90. The number of carboxylic acids is 1. The van der Waals surface area contributed by atoms with E-state index in [0.717, 1.165) is 30.0 Å². The monoisotopic (exact) mass is 533 g/mol. The maximum absolute atomic E-state index is 12.2. The largest absolute Gasteiger partial charge is 0.481 e. The Kier molecular flexibility index (Phi) is 12.6. The van der Waals surface area contributed by atoms with Crippen LogP contribution in [0, 0.1) is 11.3 Å². The van der Waals surface area contributed by atoms with Crippen LogP contribution in [-0.2, 0) is 11.3 Å². The first-order valence-electron chi connectivity index (χ1n) is 13.7. The van der Waals surface area contributed by atoms with Crippen LogP contribution < -0.4 is 17.3 Å². The first-order chi connectivity index (χ1) is 17.6. The molecule has 8 heteroatoms. The maximum Gasteiger partial charge on any atom is 0.309 e. The molecule has 0 spiro atoms. The van der Waals surface area contributed by atoms with Crippen molar-refractivity contribution >= 4 is 17.6 Å². The van der Waals surface area contributed by atoms with Gasteiger partial charge in [-0.15, -0.1) is 0 Å². The standard InChI is InChI=1S/C29H48ClN5O2/c1-4-35(33)21-25(32)12-13-26(29(2,3)28(36)37)23-11-14-27(30)24(19-23)20-34(18-16-31)17-15-22-9-7-5-6-8-10-22/h11,14,16,18-19,21-22,26H,4-10,12-13,15,17,20,31-33H2,1-3H3,(H,36,37)/b18-16-,25-21-. The summed E-state index contributed by atoms with van der Waals surface area (Å²) < 4.78 is 0. The van der Waals surface area contributed by atoms with Crippen molar-refractivity contribution in [1.82, 2.24) is 9.91 Å². The molecule has 1 aromatic carbocycles. The van der Waals surface area contributed by atoms with Crippen molar-refractivity contribution in [2.45, 2.75) is 91.0 Å². The van der Waals surface area contributed by atoms with E-state index < -0.39 is 11.4 Å². The van der Waals surface area contributed by atoms with Crippen molar-refractivity contribution in [2.75, 3.05) is 13.1 Å². The number of rotatable bonds is 14. The van der Waals surface area contributed by atoms with E-state index in [1.807, 2.05) is 25.3 Å². The predicted molar refractivity (Wildman–Crippen MR) is 153 cm³/mol. The lowest BCUT2D eigenvalue weighted by atomic mass is 9.72. The van der Waals surface area contributed by atoms with E-state index >= 15 is 0 Å². The Morgan fingerprint density at radius 2 is 1.92 bits per heavy atom. The fraction of sp³-hybridized carbons (Fsp3) is 0.621. The van der Waals surface area contributed by atoms with E-state index in [2.05, 4.69) is 11.0 Å². The summed E-state index contributed by atoms with van der Waals surface area (Å²) in [4.78, 5) is 14.5. The van der Waals surface area contributed by atoms with E-state index in [0.29, 0.717) is 36.7 Å². The van der Waals surface area contributed by atoms with Crippen LogP contribution in [0.2, 0.25) is 5.02 Å². The van der Waals surface area contributed by atoms with Crippen molar-refractivity contribution < 1.29 is 9.90 Å². The van der Waals surface area contributed by atoms with Gasteiger partial charge in [0.25, 0.3) is 0 Å². The summed E-state index contributed by atoms with van der Waals surface area (Å²) in [6.07, 6.45) is 15.4. The minimum Gasteiger partial charge on any atom is -0.481 e. The van der Waals surface area contributed by atoms with Gasteiger partial charge in [0.1, 0.15) is 0 Å². The lowest BCUT2D eigenvalue weighted by Gasteiger charge is -2.32. The van der Waals surface area contributed by atoms with Gasteiger partial charge in [-0.25, -0.2) is 5.84 Å². The van der Waals surface area contributed by atoms with Crippen LogP contribution in [0.15, 0.2) is 42.5 Å². The van der Waals surface area contributed by atoms with E-state index in [4.69, 9.17) is 28.9 Å². The smallest absolute Gasteiger partial charge is 0.309 e. The summed E-state index contributed by atoms with van der Waals surface area (Å²) in [6, 6.07) is 5.88. The molecular weight excluding hydrogens is 486 g/mol. The summed E-state index contributed by atoms with van der Waals surface area (Å²) in [5, 5.41) is 12.2. The highest BCUT2D eigenvalue weighted by Gasteiger charge is 2.37. The number of aliphatic carboxylic acids is 1. The van der Waals surface area contributed by atoms with Gasteiger partial charge in [0, 0.05) is 49.0 Å². The van der Waals surface area contributed by atoms with Crippen molar-refractivity contribution in [2.24, 2.45) is 28.6 Å². The number of hydrazine groups is 1. The summed E-state index contributed by atoms with van der Waals surface area (Å²) in [7, 11) is 0. The molecule has 0 amide bonds. The van der Waals surface area contributed by atoms with Crippen molar-refractivity contribution in [3.8, 4) is 0 Å². The van der Waals surface area contributed by atoms with Crippen LogP contribution in [0.1, 0.15) is 95.6 Å². The molecule has 1 aromatic rings. The van der Waals surface area contributed by atoms with Gasteiger partial charge in [-0.05, 0) is 69.1 Å². The van der Waals surface area contributed by atoms with Gasteiger partial charge in [-0.3, -0.25) is 4.79 Å². The fourth-order valence-electron chi connectivity index (χ4n) is 5.25. The van der Waals surface area contributed by atoms with Crippen LogP contribution in [0.5, 0.6) is 0 Å². The van der Waals surface area contributed by atoms with E-state index in [1.165, 1.54) is 43.5 Å². The number of allylic oxidation sites excluding steroid dienone is 1. The number of hydrogen-bond donors (Lipinski definition) is 4. The molecule has 1 aliphatic rings. The second-order valence-electron chi connectivity index (χ2n) is 11.0. The third-order valence-electron chi connectivity index (χ3n) is 7.78. The van der Waals surface area contributed by atoms with E-state index in [9.17, 15) is 9.90 Å². The molecule has 0 heterocycles. The molecule has 7 nitrogen and oxygen atoms in total. The van der Waals surface area contributed by atoms with Gasteiger partial charge in [-0.2, -0.15) is 0 Å². The number of nitrogens with two attached hydrogens (primary N) is 3. The summed E-state index contributed by atoms with van der Waals surface area (Å²) >= 11 is 6.65. The summed E-state index contributed by atoms with van der Waals surface area (Å²) in [6.45, 7) is 7.65. The van der Waals surface area contributed by atoms with Gasteiger partial charge in [0.05, 0.1) is 5.41 Å². The van der Waals surface area contributed by atoms with Crippen molar-refractivity contribution in [3.63, 3.8) is 0 Å². The SMILES string of the molecule is CCN(N)/C=C(\N)CCC(c1ccc(Cl)c(CN(/C=C\N)CCC2CCCCCC2)c1)C(C)(C)C(=O)O. The molecular formula is C29H48ClN5O2. The Bertz CT molecular complexity index is 910. The molecule has 7 N–H and O–H groups in total. The van der Waals surface area contributed by atoms with Gasteiger partial charge >= 0.3 is 5.97 Å². The van der Waals surface area contributed by atoms with Gasteiger partial charge < -0.3 is 26.5 Å². The molecule has 0 aliphatic heterocycles. The average molecular weight is 534 g/mol.